The smallest absolute Gasteiger partial charge is 0.337 e. The van der Waals surface area contributed by atoms with Crippen LogP contribution in [0.2, 0.25) is 10.0 Å². The molecular formula is C28H25Cl2FN6O3. The number of hydrogen-bond acceptors (Lipinski definition) is 7. The largest absolute Gasteiger partial charge is 0.464 e. The zero-order chi connectivity index (χ0) is 28.0. The Morgan fingerprint density at radius 3 is 2.85 bits per heavy atom. The number of fused-ring (bicyclic) bond motifs is 2. The van der Waals surface area contributed by atoms with Crippen LogP contribution in [0.25, 0.3) is 22.0 Å². The van der Waals surface area contributed by atoms with Gasteiger partial charge in [-0.05, 0) is 30.7 Å². The standard InChI is InChI=1S/C28H25Cl2FN6O3/c1-2-40-28(38)27(26-23-10-18(31)13-36(23)15-33-26)37-14-20-21(29)11-19(24(30)25(20)34-37)16-3-4-22(17(9-16)12-32)35-5-7-39-8-6-35/h3-4,9,11,14-15,18,27H,2,5-8,10,13H2,1H3/t18-,27-/m1/s1. The van der Waals surface area contributed by atoms with Crippen LogP contribution < -0.4 is 4.90 Å². The number of nitriles is 1. The lowest BCUT2D eigenvalue weighted by Crippen LogP contribution is -2.36. The van der Waals surface area contributed by atoms with Crippen molar-refractivity contribution < 1.29 is 18.7 Å². The molecule has 2 aliphatic heterocycles. The van der Waals surface area contributed by atoms with E-state index in [4.69, 9.17) is 32.7 Å². The van der Waals surface area contributed by atoms with Gasteiger partial charge < -0.3 is 18.9 Å². The number of alkyl halides is 1. The van der Waals surface area contributed by atoms with E-state index in [0.29, 0.717) is 75.3 Å². The SMILES string of the molecule is CCOC(=O)[C@@H](c1ncn2c1C[C@@H](F)C2)n1cc2c(Cl)cc(-c3ccc(N4CCOCC4)c(C#N)c3)c(Cl)c2n1. The molecule has 0 radical (unpaired) electrons. The molecule has 2 aromatic carbocycles. The van der Waals surface area contributed by atoms with Gasteiger partial charge in [0.2, 0.25) is 0 Å². The lowest BCUT2D eigenvalue weighted by atomic mass is 10.0. The molecule has 2 aromatic heterocycles. The third-order valence-electron chi connectivity index (χ3n) is 7.31. The van der Waals surface area contributed by atoms with Crippen LogP contribution >= 0.6 is 23.2 Å². The zero-order valence-electron chi connectivity index (χ0n) is 21.6. The number of morpholine rings is 1. The molecule has 9 nitrogen and oxygen atoms in total. The van der Waals surface area contributed by atoms with Gasteiger partial charge in [-0.25, -0.2) is 14.2 Å². The summed E-state index contributed by atoms with van der Waals surface area (Å²) < 4.78 is 28.1. The highest BCUT2D eigenvalue weighted by molar-refractivity contribution is 6.42. The fourth-order valence-electron chi connectivity index (χ4n) is 5.42. The molecule has 0 N–H and O–H groups in total. The Morgan fingerprint density at radius 2 is 2.10 bits per heavy atom. The van der Waals surface area contributed by atoms with E-state index in [1.807, 2.05) is 12.1 Å². The van der Waals surface area contributed by atoms with Gasteiger partial charge in [0.15, 0.2) is 6.04 Å². The number of anilines is 1. The molecule has 0 saturated carbocycles. The maximum atomic E-state index is 14.2. The zero-order valence-corrected chi connectivity index (χ0v) is 23.1. The molecule has 1 fully saturated rings. The highest BCUT2D eigenvalue weighted by atomic mass is 35.5. The van der Waals surface area contributed by atoms with Gasteiger partial charge in [0, 0.05) is 42.4 Å². The van der Waals surface area contributed by atoms with Crippen LogP contribution in [0.4, 0.5) is 10.1 Å². The first kappa shape index (κ1) is 26.6. The average molecular weight is 583 g/mol. The fourth-order valence-corrected chi connectivity index (χ4v) is 5.97. The van der Waals surface area contributed by atoms with Crippen molar-refractivity contribution in [2.75, 3.05) is 37.8 Å². The van der Waals surface area contributed by atoms with Gasteiger partial charge >= 0.3 is 5.97 Å². The van der Waals surface area contributed by atoms with Gasteiger partial charge in [0.25, 0.3) is 0 Å². The van der Waals surface area contributed by atoms with Gasteiger partial charge in [-0.15, -0.1) is 0 Å². The summed E-state index contributed by atoms with van der Waals surface area (Å²) in [5.74, 6) is -0.566. The lowest BCUT2D eigenvalue weighted by Gasteiger charge is -2.29. The number of imidazole rings is 1. The van der Waals surface area contributed by atoms with Crippen molar-refractivity contribution in [3.8, 4) is 17.2 Å². The summed E-state index contributed by atoms with van der Waals surface area (Å²) in [4.78, 5) is 19.7. The third kappa shape index (κ3) is 4.58. The highest BCUT2D eigenvalue weighted by Gasteiger charge is 2.35. The van der Waals surface area contributed by atoms with Crippen LogP contribution in [-0.4, -0.2) is 64.4 Å². The maximum absolute atomic E-state index is 14.2. The Kier molecular flexibility index (Phi) is 7.13. The molecule has 4 heterocycles. The van der Waals surface area contributed by atoms with E-state index in [0.717, 1.165) is 5.69 Å². The van der Waals surface area contributed by atoms with E-state index in [1.54, 1.807) is 29.8 Å². The minimum absolute atomic E-state index is 0.152. The predicted molar refractivity (Wildman–Crippen MR) is 149 cm³/mol. The molecule has 0 unspecified atom stereocenters. The molecule has 6 rings (SSSR count). The van der Waals surface area contributed by atoms with Gasteiger partial charge in [0.1, 0.15) is 17.8 Å². The summed E-state index contributed by atoms with van der Waals surface area (Å²) in [5.41, 5.74) is 4.06. The summed E-state index contributed by atoms with van der Waals surface area (Å²) in [6.45, 7) is 4.69. The summed E-state index contributed by atoms with van der Waals surface area (Å²) in [5, 5.41) is 15.8. The van der Waals surface area contributed by atoms with Gasteiger partial charge in [-0.2, -0.15) is 10.4 Å². The van der Waals surface area contributed by atoms with E-state index in [-0.39, 0.29) is 19.6 Å². The molecule has 2 aliphatic rings. The van der Waals surface area contributed by atoms with Crippen molar-refractivity contribution >= 4 is 45.8 Å². The second-order valence-corrected chi connectivity index (χ2v) is 10.5. The second kappa shape index (κ2) is 10.7. The van der Waals surface area contributed by atoms with Crippen molar-refractivity contribution in [2.45, 2.75) is 32.1 Å². The number of halogens is 3. The van der Waals surface area contributed by atoms with E-state index >= 15 is 0 Å². The molecule has 40 heavy (non-hydrogen) atoms. The second-order valence-electron chi connectivity index (χ2n) is 9.72. The number of nitrogens with zero attached hydrogens (tertiary/aromatic N) is 6. The first-order valence-electron chi connectivity index (χ1n) is 13.0. The quantitative estimate of drug-likeness (QED) is 0.296. The minimum atomic E-state index is -1.05. The Balaban J connectivity index is 1.43. The van der Waals surface area contributed by atoms with E-state index < -0.39 is 18.2 Å². The number of benzene rings is 2. The number of rotatable bonds is 6. The number of aromatic nitrogens is 4. The van der Waals surface area contributed by atoms with E-state index in [1.165, 1.54) is 11.0 Å². The Labute approximate surface area is 239 Å². The predicted octanol–water partition coefficient (Wildman–Crippen LogP) is 4.96. The van der Waals surface area contributed by atoms with Crippen LogP contribution in [-0.2, 0) is 27.2 Å². The van der Waals surface area contributed by atoms with Gasteiger partial charge in [0.05, 0.1) is 59.7 Å². The van der Waals surface area contributed by atoms with E-state index in [2.05, 4.69) is 21.1 Å². The molecule has 4 aromatic rings. The molecule has 1 saturated heterocycles. The summed E-state index contributed by atoms with van der Waals surface area (Å²) in [7, 11) is 0. The number of hydrogen-bond donors (Lipinski definition) is 0. The van der Waals surface area contributed by atoms with Crippen molar-refractivity contribution in [1.82, 2.24) is 19.3 Å². The lowest BCUT2D eigenvalue weighted by molar-refractivity contribution is -0.146. The third-order valence-corrected chi connectivity index (χ3v) is 8.00. The minimum Gasteiger partial charge on any atom is -0.464 e. The van der Waals surface area contributed by atoms with Crippen LogP contribution in [0.3, 0.4) is 0 Å². The van der Waals surface area contributed by atoms with Crippen LogP contribution in [0.1, 0.15) is 29.9 Å². The van der Waals surface area contributed by atoms with Crippen LogP contribution in [0, 0.1) is 11.3 Å². The average Bonchev–Trinajstić information content (AvgIpc) is 3.67. The first-order valence-corrected chi connectivity index (χ1v) is 13.7. The molecule has 0 aliphatic carbocycles. The van der Waals surface area contributed by atoms with Crippen molar-refractivity contribution in [1.29, 1.82) is 5.26 Å². The van der Waals surface area contributed by atoms with Crippen LogP contribution in [0.15, 0.2) is 36.8 Å². The fraction of sp³-hybridized carbons (Fsp3) is 0.357. The molecule has 12 heteroatoms. The molecular weight excluding hydrogens is 558 g/mol. The first-order chi connectivity index (χ1) is 19.4. The van der Waals surface area contributed by atoms with E-state index in [9.17, 15) is 14.4 Å². The highest BCUT2D eigenvalue weighted by Crippen LogP contribution is 2.40. The number of ether oxygens (including phenoxy) is 2. The monoisotopic (exact) mass is 582 g/mol. The number of carbonyl (C=O) groups excluding carboxylic acids is 1. The Bertz CT molecular complexity index is 1660. The van der Waals surface area contributed by atoms with Crippen molar-refractivity contribution in [2.24, 2.45) is 0 Å². The number of carbonyl (C=O) groups is 1. The molecule has 2 atom stereocenters. The summed E-state index contributed by atoms with van der Waals surface area (Å²) in [6, 6.07) is 8.57. The summed E-state index contributed by atoms with van der Waals surface area (Å²) in [6.07, 6.45) is 2.27. The van der Waals surface area contributed by atoms with Crippen LogP contribution in [0.5, 0.6) is 0 Å². The van der Waals surface area contributed by atoms with Crippen molar-refractivity contribution in [3.05, 3.63) is 63.8 Å². The Morgan fingerprint density at radius 1 is 1.30 bits per heavy atom. The van der Waals surface area contributed by atoms with Gasteiger partial charge in [-0.3, -0.25) is 4.68 Å². The normalized spacial score (nSPS) is 17.6. The summed E-state index contributed by atoms with van der Waals surface area (Å²) >= 11 is 13.6. The van der Waals surface area contributed by atoms with Crippen molar-refractivity contribution in [3.63, 3.8) is 0 Å². The topological polar surface area (TPSA) is 98.2 Å². The van der Waals surface area contributed by atoms with Gasteiger partial charge in [-0.1, -0.05) is 29.3 Å². The molecule has 0 amide bonds. The molecule has 0 bridgehead atoms. The molecule has 206 valence electrons. The number of esters is 1. The molecule has 0 spiro atoms. The maximum Gasteiger partial charge on any atom is 0.337 e. The Hall–Kier alpha value is -3.65.